The average Bonchev–Trinajstić information content (AvgIpc) is 3.23. The van der Waals surface area contributed by atoms with Gasteiger partial charge in [-0.1, -0.05) is 24.3 Å². The molecule has 0 bridgehead atoms. The standard InChI is InChI=1S/C21H27N3O2.ClH/c1-26-19-10-8-17(9-11-19)20(24-12-2-3-13-24)15-23-21(25)18-6-4-16(14-22)5-7-18;/h4-11,20H,2-3,12-15,22H2,1H3,(H,23,25);1H. The van der Waals surface area contributed by atoms with Gasteiger partial charge < -0.3 is 15.8 Å². The van der Waals surface area contributed by atoms with Gasteiger partial charge in [0.2, 0.25) is 0 Å². The molecule has 146 valence electrons. The Morgan fingerprint density at radius 2 is 1.74 bits per heavy atom. The number of benzene rings is 2. The monoisotopic (exact) mass is 389 g/mol. The van der Waals surface area contributed by atoms with Crippen LogP contribution in [0.5, 0.6) is 5.75 Å². The number of ether oxygens (including phenoxy) is 1. The second-order valence-corrected chi connectivity index (χ2v) is 6.64. The number of nitrogens with two attached hydrogens (primary N) is 1. The third kappa shape index (κ3) is 5.45. The molecule has 1 amide bonds. The number of likely N-dealkylation sites (tertiary alicyclic amines) is 1. The number of rotatable bonds is 7. The van der Waals surface area contributed by atoms with Crippen LogP contribution in [-0.4, -0.2) is 37.6 Å². The molecule has 0 saturated carbocycles. The zero-order valence-corrected chi connectivity index (χ0v) is 16.5. The zero-order valence-electron chi connectivity index (χ0n) is 15.7. The van der Waals surface area contributed by atoms with Crippen molar-refractivity contribution in [3.63, 3.8) is 0 Å². The van der Waals surface area contributed by atoms with Gasteiger partial charge in [0.25, 0.3) is 5.91 Å². The predicted octanol–water partition coefficient (Wildman–Crippen LogP) is 3.14. The molecule has 1 aliphatic heterocycles. The van der Waals surface area contributed by atoms with Crippen molar-refractivity contribution in [1.82, 2.24) is 10.2 Å². The van der Waals surface area contributed by atoms with Crippen LogP contribution >= 0.6 is 12.4 Å². The summed E-state index contributed by atoms with van der Waals surface area (Å²) in [5.74, 6) is 0.796. The molecule has 2 aromatic carbocycles. The Kier molecular flexibility index (Phi) is 8.10. The van der Waals surface area contributed by atoms with Gasteiger partial charge in [-0.2, -0.15) is 0 Å². The summed E-state index contributed by atoms with van der Waals surface area (Å²) in [7, 11) is 1.67. The summed E-state index contributed by atoms with van der Waals surface area (Å²) in [5.41, 5.74) is 8.50. The molecular formula is C21H28ClN3O2. The van der Waals surface area contributed by atoms with E-state index in [-0.39, 0.29) is 24.4 Å². The van der Waals surface area contributed by atoms with E-state index in [1.165, 1.54) is 18.4 Å². The fourth-order valence-corrected chi connectivity index (χ4v) is 3.42. The highest BCUT2D eigenvalue weighted by atomic mass is 35.5. The van der Waals surface area contributed by atoms with Crippen LogP contribution in [0.4, 0.5) is 0 Å². The number of carbonyl (C=O) groups is 1. The molecule has 5 nitrogen and oxygen atoms in total. The van der Waals surface area contributed by atoms with Crippen molar-refractivity contribution in [2.45, 2.75) is 25.4 Å². The maximum absolute atomic E-state index is 12.5. The lowest BCUT2D eigenvalue weighted by Gasteiger charge is -2.28. The Morgan fingerprint density at radius 1 is 1.11 bits per heavy atom. The normalized spacial score (nSPS) is 15.0. The largest absolute Gasteiger partial charge is 0.497 e. The molecule has 1 heterocycles. The Labute approximate surface area is 167 Å². The summed E-state index contributed by atoms with van der Waals surface area (Å²) in [6, 6.07) is 15.8. The van der Waals surface area contributed by atoms with Gasteiger partial charge in [-0.05, 0) is 61.3 Å². The first-order valence-electron chi connectivity index (χ1n) is 9.16. The van der Waals surface area contributed by atoms with Crippen molar-refractivity contribution < 1.29 is 9.53 Å². The van der Waals surface area contributed by atoms with E-state index in [4.69, 9.17) is 10.5 Å². The van der Waals surface area contributed by atoms with Crippen molar-refractivity contribution in [2.75, 3.05) is 26.7 Å². The first-order valence-corrected chi connectivity index (χ1v) is 9.16. The molecule has 0 aliphatic carbocycles. The molecule has 6 heteroatoms. The van der Waals surface area contributed by atoms with Crippen LogP contribution in [0.2, 0.25) is 0 Å². The number of methoxy groups -OCH3 is 1. The Balaban J connectivity index is 0.00000261. The van der Waals surface area contributed by atoms with Gasteiger partial charge in [0.15, 0.2) is 0 Å². The second-order valence-electron chi connectivity index (χ2n) is 6.64. The fourth-order valence-electron chi connectivity index (χ4n) is 3.42. The van der Waals surface area contributed by atoms with Gasteiger partial charge >= 0.3 is 0 Å². The number of nitrogens with zero attached hydrogens (tertiary/aromatic N) is 1. The van der Waals surface area contributed by atoms with Crippen LogP contribution in [0.3, 0.4) is 0 Å². The van der Waals surface area contributed by atoms with Crippen molar-refractivity contribution in [3.05, 3.63) is 65.2 Å². The first-order chi connectivity index (χ1) is 12.7. The topological polar surface area (TPSA) is 67.6 Å². The molecule has 3 rings (SSSR count). The minimum Gasteiger partial charge on any atom is -0.497 e. The molecule has 0 spiro atoms. The molecule has 1 aliphatic rings. The summed E-state index contributed by atoms with van der Waals surface area (Å²) >= 11 is 0. The van der Waals surface area contributed by atoms with Crippen LogP contribution in [0, 0.1) is 0 Å². The van der Waals surface area contributed by atoms with Gasteiger partial charge in [-0.15, -0.1) is 12.4 Å². The number of amides is 1. The zero-order chi connectivity index (χ0) is 18.4. The molecule has 3 N–H and O–H groups in total. The van der Waals surface area contributed by atoms with Gasteiger partial charge in [-0.25, -0.2) is 0 Å². The van der Waals surface area contributed by atoms with Gasteiger partial charge in [0.05, 0.1) is 13.2 Å². The molecule has 0 aromatic heterocycles. The lowest BCUT2D eigenvalue weighted by Crippen LogP contribution is -2.36. The Bertz CT molecular complexity index is 713. The summed E-state index contributed by atoms with van der Waals surface area (Å²) in [6.07, 6.45) is 2.42. The van der Waals surface area contributed by atoms with E-state index >= 15 is 0 Å². The highest BCUT2D eigenvalue weighted by Gasteiger charge is 2.24. The van der Waals surface area contributed by atoms with E-state index in [1.807, 2.05) is 36.4 Å². The molecule has 1 atom stereocenters. The van der Waals surface area contributed by atoms with Crippen LogP contribution in [0.15, 0.2) is 48.5 Å². The molecule has 27 heavy (non-hydrogen) atoms. The van der Waals surface area contributed by atoms with E-state index in [9.17, 15) is 4.79 Å². The maximum atomic E-state index is 12.5. The van der Waals surface area contributed by atoms with E-state index < -0.39 is 0 Å². The molecule has 1 saturated heterocycles. The molecule has 2 aromatic rings. The third-order valence-electron chi connectivity index (χ3n) is 4.99. The maximum Gasteiger partial charge on any atom is 0.251 e. The van der Waals surface area contributed by atoms with Crippen LogP contribution in [0.25, 0.3) is 0 Å². The Hall–Kier alpha value is -2.08. The number of nitrogens with one attached hydrogen (secondary N) is 1. The SMILES string of the molecule is COc1ccc(C(CNC(=O)c2ccc(CN)cc2)N2CCCC2)cc1.Cl. The summed E-state index contributed by atoms with van der Waals surface area (Å²) in [5, 5.41) is 3.10. The number of carbonyl (C=O) groups excluding carboxylic acids is 1. The first kappa shape index (κ1) is 21.2. The number of halogens is 1. The third-order valence-corrected chi connectivity index (χ3v) is 4.99. The van der Waals surface area contributed by atoms with Crippen LogP contribution in [-0.2, 0) is 6.54 Å². The van der Waals surface area contributed by atoms with E-state index in [2.05, 4.69) is 22.3 Å². The van der Waals surface area contributed by atoms with Crippen molar-refractivity contribution in [3.8, 4) is 5.75 Å². The van der Waals surface area contributed by atoms with E-state index in [0.717, 1.165) is 24.4 Å². The number of hydrogen-bond acceptors (Lipinski definition) is 4. The predicted molar refractivity (Wildman–Crippen MR) is 110 cm³/mol. The number of hydrogen-bond donors (Lipinski definition) is 2. The van der Waals surface area contributed by atoms with E-state index in [0.29, 0.717) is 18.7 Å². The lowest BCUT2D eigenvalue weighted by molar-refractivity contribution is 0.0938. The minimum atomic E-state index is -0.0497. The van der Waals surface area contributed by atoms with Crippen LogP contribution in [0.1, 0.15) is 40.4 Å². The lowest BCUT2D eigenvalue weighted by atomic mass is 10.0. The van der Waals surface area contributed by atoms with Gasteiger partial charge in [0, 0.05) is 18.7 Å². The summed E-state index contributed by atoms with van der Waals surface area (Å²) in [4.78, 5) is 15.0. The molecule has 1 fully saturated rings. The summed E-state index contributed by atoms with van der Waals surface area (Å²) < 4.78 is 5.26. The highest BCUT2D eigenvalue weighted by molar-refractivity contribution is 5.94. The van der Waals surface area contributed by atoms with Crippen molar-refractivity contribution in [2.24, 2.45) is 5.73 Å². The van der Waals surface area contributed by atoms with Crippen molar-refractivity contribution in [1.29, 1.82) is 0 Å². The van der Waals surface area contributed by atoms with Gasteiger partial charge in [0.1, 0.15) is 5.75 Å². The van der Waals surface area contributed by atoms with E-state index in [1.54, 1.807) is 7.11 Å². The van der Waals surface area contributed by atoms with Crippen molar-refractivity contribution >= 4 is 18.3 Å². The smallest absolute Gasteiger partial charge is 0.251 e. The molecule has 1 unspecified atom stereocenters. The summed E-state index contributed by atoms with van der Waals surface area (Å²) in [6.45, 7) is 3.20. The quantitative estimate of drug-likeness (QED) is 0.763. The van der Waals surface area contributed by atoms with Crippen LogP contribution < -0.4 is 15.8 Å². The molecular weight excluding hydrogens is 362 g/mol. The molecule has 0 radical (unpaired) electrons. The fraction of sp³-hybridized carbons (Fsp3) is 0.381. The Morgan fingerprint density at radius 3 is 2.30 bits per heavy atom. The average molecular weight is 390 g/mol. The highest BCUT2D eigenvalue weighted by Crippen LogP contribution is 2.26. The second kappa shape index (κ2) is 10.3. The minimum absolute atomic E-state index is 0. The van der Waals surface area contributed by atoms with Gasteiger partial charge in [-0.3, -0.25) is 9.69 Å².